The lowest BCUT2D eigenvalue weighted by molar-refractivity contribution is -0.141. The Morgan fingerprint density at radius 2 is 1.65 bits per heavy atom. The molecule has 1 aromatic heterocycles. The largest absolute Gasteiger partial charge is 0.431 e. The number of nitrogens with one attached hydrogen (secondary N) is 1. The molecular formula is C17H15F3N2S. The second-order valence-electron chi connectivity index (χ2n) is 6.24. The van der Waals surface area contributed by atoms with E-state index in [-0.39, 0.29) is 21.2 Å². The monoisotopic (exact) mass is 336 g/mol. The molecule has 0 atom stereocenters. The molecule has 0 radical (unpaired) electrons. The first kappa shape index (κ1) is 17.2. The van der Waals surface area contributed by atoms with E-state index in [9.17, 15) is 18.4 Å². The van der Waals surface area contributed by atoms with Crippen LogP contribution < -0.4 is 0 Å². The number of aromatic amines is 1. The SMILES string of the molecule is CC(C)(C)c1ccc(-c2cc(C(F)(F)F)[nH]c(=S)c2C#N)cc1. The van der Waals surface area contributed by atoms with Crippen molar-refractivity contribution in [2.24, 2.45) is 0 Å². The Balaban J connectivity index is 2.65. The molecule has 0 bridgehead atoms. The van der Waals surface area contributed by atoms with Gasteiger partial charge in [0.2, 0.25) is 0 Å². The van der Waals surface area contributed by atoms with Gasteiger partial charge in [-0.25, -0.2) is 0 Å². The molecule has 0 saturated heterocycles. The summed E-state index contributed by atoms with van der Waals surface area (Å²) in [7, 11) is 0. The summed E-state index contributed by atoms with van der Waals surface area (Å²) in [6, 6.07) is 9.94. The Hall–Kier alpha value is -2.13. The minimum Gasteiger partial charge on any atom is -0.341 e. The number of pyridine rings is 1. The lowest BCUT2D eigenvalue weighted by Gasteiger charge is -2.19. The number of alkyl halides is 3. The van der Waals surface area contributed by atoms with Crippen molar-refractivity contribution < 1.29 is 13.2 Å². The van der Waals surface area contributed by atoms with Crippen LogP contribution in [0.15, 0.2) is 30.3 Å². The van der Waals surface area contributed by atoms with E-state index >= 15 is 0 Å². The van der Waals surface area contributed by atoms with Crippen LogP contribution in [0.2, 0.25) is 0 Å². The molecule has 1 aromatic carbocycles. The molecule has 0 unspecified atom stereocenters. The van der Waals surface area contributed by atoms with Gasteiger partial charge < -0.3 is 4.98 Å². The summed E-state index contributed by atoms with van der Waals surface area (Å²) in [6.45, 7) is 6.13. The maximum atomic E-state index is 13.0. The minimum absolute atomic E-state index is 0.0384. The smallest absolute Gasteiger partial charge is 0.341 e. The fourth-order valence-corrected chi connectivity index (χ4v) is 2.47. The maximum absolute atomic E-state index is 13.0. The zero-order valence-corrected chi connectivity index (χ0v) is 13.7. The van der Waals surface area contributed by atoms with E-state index < -0.39 is 11.9 Å². The molecule has 0 amide bonds. The maximum Gasteiger partial charge on any atom is 0.431 e. The van der Waals surface area contributed by atoms with Crippen molar-refractivity contribution >= 4 is 12.2 Å². The van der Waals surface area contributed by atoms with Crippen molar-refractivity contribution in [2.75, 3.05) is 0 Å². The normalized spacial score (nSPS) is 12.0. The first-order valence-electron chi connectivity index (χ1n) is 6.89. The van der Waals surface area contributed by atoms with Crippen LogP contribution in [0.4, 0.5) is 13.2 Å². The van der Waals surface area contributed by atoms with Gasteiger partial charge in [0.05, 0.1) is 5.56 Å². The van der Waals surface area contributed by atoms with E-state index in [1.807, 2.05) is 39.0 Å². The molecule has 6 heteroatoms. The van der Waals surface area contributed by atoms with Crippen LogP contribution in [0.25, 0.3) is 11.1 Å². The number of aromatic nitrogens is 1. The van der Waals surface area contributed by atoms with Crippen molar-refractivity contribution in [3.05, 3.63) is 51.8 Å². The molecule has 2 aromatic rings. The van der Waals surface area contributed by atoms with Crippen molar-refractivity contribution in [1.82, 2.24) is 4.98 Å². The topological polar surface area (TPSA) is 39.6 Å². The number of hydrogen-bond donors (Lipinski definition) is 1. The first-order valence-corrected chi connectivity index (χ1v) is 7.30. The van der Waals surface area contributed by atoms with Crippen LogP contribution in [0.3, 0.4) is 0 Å². The second kappa shape index (κ2) is 5.82. The van der Waals surface area contributed by atoms with Gasteiger partial charge in [-0.2, -0.15) is 18.4 Å². The first-order chi connectivity index (χ1) is 10.5. The fraction of sp³-hybridized carbons (Fsp3) is 0.294. The van der Waals surface area contributed by atoms with Crippen LogP contribution in [0.1, 0.15) is 37.6 Å². The fourth-order valence-electron chi connectivity index (χ4n) is 2.20. The molecule has 0 aliphatic rings. The van der Waals surface area contributed by atoms with Gasteiger partial charge in [-0.3, -0.25) is 0 Å². The highest BCUT2D eigenvalue weighted by atomic mass is 32.1. The predicted molar refractivity (Wildman–Crippen MR) is 85.5 cm³/mol. The molecule has 120 valence electrons. The standard InChI is InChI=1S/C17H15F3N2S/c1-16(2,3)11-6-4-10(5-7-11)12-8-14(17(18,19)20)22-15(23)13(12)9-21/h4-8H,1-3H3,(H,22,23). The van der Waals surface area contributed by atoms with E-state index in [0.717, 1.165) is 11.6 Å². The van der Waals surface area contributed by atoms with Crippen LogP contribution in [0.5, 0.6) is 0 Å². The highest BCUT2D eigenvalue weighted by molar-refractivity contribution is 7.71. The Morgan fingerprint density at radius 3 is 2.09 bits per heavy atom. The highest BCUT2D eigenvalue weighted by Crippen LogP contribution is 2.33. The molecule has 2 nitrogen and oxygen atoms in total. The van der Waals surface area contributed by atoms with Crippen molar-refractivity contribution in [3.63, 3.8) is 0 Å². The molecule has 0 saturated carbocycles. The molecule has 23 heavy (non-hydrogen) atoms. The van der Waals surface area contributed by atoms with E-state index in [2.05, 4.69) is 4.98 Å². The van der Waals surface area contributed by atoms with E-state index in [4.69, 9.17) is 12.2 Å². The minimum atomic E-state index is -4.55. The Bertz CT molecular complexity index is 819. The van der Waals surface area contributed by atoms with Crippen LogP contribution in [-0.4, -0.2) is 4.98 Å². The molecule has 0 spiro atoms. The van der Waals surface area contributed by atoms with Gasteiger partial charge in [0.25, 0.3) is 0 Å². The Labute approximate surface area is 137 Å². The Morgan fingerprint density at radius 1 is 1.09 bits per heavy atom. The van der Waals surface area contributed by atoms with Gasteiger partial charge >= 0.3 is 6.18 Å². The summed E-state index contributed by atoms with van der Waals surface area (Å²) in [6.07, 6.45) is -4.55. The van der Waals surface area contributed by atoms with Gasteiger partial charge in [0.1, 0.15) is 16.4 Å². The molecule has 1 heterocycles. The molecule has 1 N–H and O–H groups in total. The number of halogens is 3. The highest BCUT2D eigenvalue weighted by Gasteiger charge is 2.32. The van der Waals surface area contributed by atoms with Crippen LogP contribution >= 0.6 is 12.2 Å². The quantitative estimate of drug-likeness (QED) is 0.689. The van der Waals surface area contributed by atoms with Gasteiger partial charge in [-0.1, -0.05) is 57.3 Å². The molecule has 0 aliphatic heterocycles. The average molecular weight is 336 g/mol. The molecule has 0 fully saturated rings. The van der Waals surface area contributed by atoms with Crippen LogP contribution in [0, 0.1) is 16.0 Å². The van der Waals surface area contributed by atoms with Gasteiger partial charge in [0.15, 0.2) is 0 Å². The van der Waals surface area contributed by atoms with E-state index in [0.29, 0.717) is 5.56 Å². The van der Waals surface area contributed by atoms with Crippen molar-refractivity contribution in [2.45, 2.75) is 32.4 Å². The Kier molecular flexibility index (Phi) is 4.36. The number of nitrogens with zero attached hydrogens (tertiary/aromatic N) is 1. The number of benzene rings is 1. The number of rotatable bonds is 1. The zero-order chi connectivity index (χ0) is 17.4. The van der Waals surface area contributed by atoms with Gasteiger partial charge in [-0.15, -0.1) is 0 Å². The summed E-state index contributed by atoms with van der Waals surface area (Å²) in [5.41, 5.74) is 0.774. The predicted octanol–water partition coefficient (Wildman–Crippen LogP) is 5.60. The third-order valence-electron chi connectivity index (χ3n) is 3.51. The summed E-state index contributed by atoms with van der Waals surface area (Å²) in [5, 5.41) is 9.22. The molecule has 2 rings (SSSR count). The second-order valence-corrected chi connectivity index (χ2v) is 6.65. The summed E-state index contributed by atoms with van der Waals surface area (Å²) in [4.78, 5) is 2.08. The number of H-pyrrole nitrogens is 1. The van der Waals surface area contributed by atoms with Gasteiger partial charge in [-0.05, 0) is 22.6 Å². The van der Waals surface area contributed by atoms with Crippen LogP contribution in [-0.2, 0) is 11.6 Å². The van der Waals surface area contributed by atoms with E-state index in [1.165, 1.54) is 0 Å². The van der Waals surface area contributed by atoms with Crippen molar-refractivity contribution in [3.8, 4) is 17.2 Å². The zero-order valence-electron chi connectivity index (χ0n) is 12.9. The summed E-state index contributed by atoms with van der Waals surface area (Å²) < 4.78 is 38.7. The third kappa shape index (κ3) is 3.62. The summed E-state index contributed by atoms with van der Waals surface area (Å²) >= 11 is 4.90. The van der Waals surface area contributed by atoms with E-state index in [1.54, 1.807) is 12.1 Å². The number of nitriles is 1. The van der Waals surface area contributed by atoms with Gasteiger partial charge in [0, 0.05) is 5.56 Å². The number of hydrogen-bond acceptors (Lipinski definition) is 2. The molecular weight excluding hydrogens is 321 g/mol. The van der Waals surface area contributed by atoms with Crippen molar-refractivity contribution in [1.29, 1.82) is 5.26 Å². The summed E-state index contributed by atoms with van der Waals surface area (Å²) in [5.74, 6) is 0. The third-order valence-corrected chi connectivity index (χ3v) is 3.82. The lowest BCUT2D eigenvalue weighted by Crippen LogP contribution is -2.11. The average Bonchev–Trinajstić information content (AvgIpc) is 2.44. The molecule has 0 aliphatic carbocycles. The lowest BCUT2D eigenvalue weighted by atomic mass is 9.86.